The maximum atomic E-state index is 10.8. The molecule has 2 aromatic rings. The number of hydrogen-bond donors (Lipinski definition) is 1. The van der Waals surface area contributed by atoms with E-state index in [1.807, 2.05) is 31.3 Å². The van der Waals surface area contributed by atoms with Crippen LogP contribution in [0.1, 0.15) is 21.6 Å². The molecule has 0 atom stereocenters. The molecule has 0 spiro atoms. The van der Waals surface area contributed by atoms with Crippen molar-refractivity contribution in [3.63, 3.8) is 0 Å². The smallest absolute Gasteiger partial charge is 0.335 e. The largest absolute Gasteiger partial charge is 0.478 e. The van der Waals surface area contributed by atoms with Crippen molar-refractivity contribution in [2.75, 3.05) is 0 Å². The Bertz CT molecular complexity index is 514. The van der Waals surface area contributed by atoms with E-state index in [0.717, 1.165) is 5.56 Å². The van der Waals surface area contributed by atoms with E-state index in [2.05, 4.69) is 4.57 Å². The predicted molar refractivity (Wildman–Crippen MR) is 61.7 cm³/mol. The van der Waals surface area contributed by atoms with E-state index in [1.165, 1.54) is 5.69 Å². The van der Waals surface area contributed by atoms with Gasteiger partial charge >= 0.3 is 5.97 Å². The summed E-state index contributed by atoms with van der Waals surface area (Å²) in [5.74, 6) is -0.883. The Morgan fingerprint density at radius 3 is 2.75 bits per heavy atom. The molecule has 3 nitrogen and oxygen atoms in total. The Hall–Kier alpha value is -2.03. The first kappa shape index (κ1) is 10.5. The van der Waals surface area contributed by atoms with E-state index >= 15 is 0 Å². The molecular formula is C13H13NO2. The molecule has 0 radical (unpaired) electrons. The predicted octanol–water partition coefficient (Wildman–Crippen LogP) is 2.54. The second-order valence-electron chi connectivity index (χ2n) is 3.78. The van der Waals surface area contributed by atoms with Crippen molar-refractivity contribution in [2.45, 2.75) is 13.5 Å². The highest BCUT2D eigenvalue weighted by Crippen LogP contribution is 2.09. The quantitative estimate of drug-likeness (QED) is 0.854. The van der Waals surface area contributed by atoms with Crippen molar-refractivity contribution in [3.8, 4) is 0 Å². The van der Waals surface area contributed by atoms with Gasteiger partial charge in [0, 0.05) is 18.4 Å². The molecule has 82 valence electrons. The topological polar surface area (TPSA) is 42.2 Å². The number of aromatic carboxylic acids is 1. The van der Waals surface area contributed by atoms with Gasteiger partial charge in [0.2, 0.25) is 0 Å². The lowest BCUT2D eigenvalue weighted by Gasteiger charge is -2.06. The van der Waals surface area contributed by atoms with Gasteiger partial charge in [-0.25, -0.2) is 4.79 Å². The highest BCUT2D eigenvalue weighted by Gasteiger charge is 2.03. The molecule has 0 unspecified atom stereocenters. The van der Waals surface area contributed by atoms with Crippen molar-refractivity contribution in [2.24, 2.45) is 0 Å². The van der Waals surface area contributed by atoms with Crippen LogP contribution in [0.5, 0.6) is 0 Å². The molecule has 0 aliphatic rings. The van der Waals surface area contributed by atoms with Crippen LogP contribution in [0.4, 0.5) is 0 Å². The van der Waals surface area contributed by atoms with E-state index in [0.29, 0.717) is 12.1 Å². The first-order chi connectivity index (χ1) is 7.66. The minimum absolute atomic E-state index is 0.335. The Labute approximate surface area is 94.0 Å². The third kappa shape index (κ3) is 2.14. The molecule has 0 bridgehead atoms. The van der Waals surface area contributed by atoms with Gasteiger partial charge in [0.1, 0.15) is 0 Å². The maximum absolute atomic E-state index is 10.8. The van der Waals surface area contributed by atoms with Crippen LogP contribution < -0.4 is 0 Å². The van der Waals surface area contributed by atoms with Crippen LogP contribution in [-0.2, 0) is 6.54 Å². The lowest BCUT2D eigenvalue weighted by atomic mass is 10.1. The zero-order chi connectivity index (χ0) is 11.5. The van der Waals surface area contributed by atoms with E-state index < -0.39 is 5.97 Å². The maximum Gasteiger partial charge on any atom is 0.335 e. The average Bonchev–Trinajstić information content (AvgIpc) is 2.65. The summed E-state index contributed by atoms with van der Waals surface area (Å²) < 4.78 is 2.08. The summed E-state index contributed by atoms with van der Waals surface area (Å²) in [6.07, 6.45) is 1.99. The van der Waals surface area contributed by atoms with Crippen LogP contribution >= 0.6 is 0 Å². The summed E-state index contributed by atoms with van der Waals surface area (Å²) in [7, 11) is 0. The van der Waals surface area contributed by atoms with Crippen LogP contribution in [0.15, 0.2) is 42.6 Å². The van der Waals surface area contributed by atoms with Crippen LogP contribution in [0.2, 0.25) is 0 Å². The summed E-state index contributed by atoms with van der Waals surface area (Å²) in [6, 6.07) is 11.0. The Morgan fingerprint density at radius 2 is 2.12 bits per heavy atom. The number of aromatic nitrogens is 1. The van der Waals surface area contributed by atoms with Gasteiger partial charge in [-0.15, -0.1) is 0 Å². The first-order valence-electron chi connectivity index (χ1n) is 5.11. The zero-order valence-electron chi connectivity index (χ0n) is 9.05. The number of rotatable bonds is 3. The van der Waals surface area contributed by atoms with Gasteiger partial charge in [0.05, 0.1) is 5.56 Å². The Balaban J connectivity index is 2.25. The van der Waals surface area contributed by atoms with E-state index in [9.17, 15) is 4.79 Å². The molecule has 0 saturated carbocycles. The molecule has 0 saturated heterocycles. The molecule has 2 rings (SSSR count). The number of carbonyl (C=O) groups is 1. The van der Waals surface area contributed by atoms with Gasteiger partial charge in [-0.05, 0) is 36.8 Å². The van der Waals surface area contributed by atoms with Crippen LogP contribution in [0, 0.1) is 6.92 Å². The minimum atomic E-state index is -0.883. The minimum Gasteiger partial charge on any atom is -0.478 e. The van der Waals surface area contributed by atoms with Gasteiger partial charge in [0.15, 0.2) is 0 Å². The molecular weight excluding hydrogens is 202 g/mol. The second-order valence-corrected chi connectivity index (χ2v) is 3.78. The Morgan fingerprint density at radius 1 is 1.31 bits per heavy atom. The molecule has 0 aliphatic carbocycles. The summed E-state index contributed by atoms with van der Waals surface area (Å²) in [5, 5.41) is 8.88. The van der Waals surface area contributed by atoms with Crippen LogP contribution in [0.3, 0.4) is 0 Å². The molecule has 1 heterocycles. The Kier molecular flexibility index (Phi) is 2.77. The van der Waals surface area contributed by atoms with Crippen LogP contribution in [-0.4, -0.2) is 15.6 Å². The normalized spacial score (nSPS) is 10.3. The van der Waals surface area contributed by atoms with Gasteiger partial charge in [0.25, 0.3) is 0 Å². The fourth-order valence-corrected chi connectivity index (χ4v) is 1.68. The summed E-state index contributed by atoms with van der Waals surface area (Å²) >= 11 is 0. The van der Waals surface area contributed by atoms with Gasteiger partial charge in [-0.2, -0.15) is 0 Å². The first-order valence-corrected chi connectivity index (χ1v) is 5.11. The lowest BCUT2D eigenvalue weighted by molar-refractivity contribution is 0.0697. The van der Waals surface area contributed by atoms with Gasteiger partial charge in [-0.1, -0.05) is 12.1 Å². The lowest BCUT2D eigenvalue weighted by Crippen LogP contribution is -2.02. The molecule has 0 amide bonds. The third-order valence-electron chi connectivity index (χ3n) is 2.58. The summed E-state index contributed by atoms with van der Waals surface area (Å²) in [6.45, 7) is 2.74. The number of benzene rings is 1. The van der Waals surface area contributed by atoms with E-state index in [4.69, 9.17) is 5.11 Å². The SMILES string of the molecule is Cc1cccn1Cc1cccc(C(=O)O)c1. The van der Waals surface area contributed by atoms with Crippen LogP contribution in [0.25, 0.3) is 0 Å². The highest BCUT2D eigenvalue weighted by molar-refractivity contribution is 5.87. The van der Waals surface area contributed by atoms with Crippen molar-refractivity contribution >= 4 is 5.97 Å². The molecule has 1 N–H and O–H groups in total. The van der Waals surface area contributed by atoms with Crippen molar-refractivity contribution in [3.05, 3.63) is 59.4 Å². The number of carboxylic acid groups (broad SMARTS) is 1. The number of nitrogens with zero attached hydrogens (tertiary/aromatic N) is 1. The van der Waals surface area contributed by atoms with Crippen molar-refractivity contribution in [1.29, 1.82) is 0 Å². The third-order valence-corrected chi connectivity index (χ3v) is 2.58. The van der Waals surface area contributed by atoms with E-state index in [1.54, 1.807) is 18.2 Å². The van der Waals surface area contributed by atoms with Crippen molar-refractivity contribution < 1.29 is 9.90 Å². The average molecular weight is 215 g/mol. The number of hydrogen-bond acceptors (Lipinski definition) is 1. The summed E-state index contributed by atoms with van der Waals surface area (Å²) in [5.41, 5.74) is 2.50. The number of carboxylic acids is 1. The van der Waals surface area contributed by atoms with Gasteiger partial charge in [-0.3, -0.25) is 0 Å². The summed E-state index contributed by atoms with van der Waals surface area (Å²) in [4.78, 5) is 10.8. The molecule has 3 heteroatoms. The molecule has 16 heavy (non-hydrogen) atoms. The number of aryl methyl sites for hydroxylation is 1. The molecule has 1 aromatic heterocycles. The fourth-order valence-electron chi connectivity index (χ4n) is 1.68. The van der Waals surface area contributed by atoms with Gasteiger partial charge < -0.3 is 9.67 Å². The fraction of sp³-hybridized carbons (Fsp3) is 0.154. The van der Waals surface area contributed by atoms with E-state index in [-0.39, 0.29) is 0 Å². The van der Waals surface area contributed by atoms with Crippen molar-refractivity contribution in [1.82, 2.24) is 4.57 Å². The molecule has 1 aromatic carbocycles. The zero-order valence-corrected chi connectivity index (χ0v) is 9.05. The highest BCUT2D eigenvalue weighted by atomic mass is 16.4. The molecule has 0 aliphatic heterocycles. The monoisotopic (exact) mass is 215 g/mol. The second kappa shape index (κ2) is 4.23. The standard InChI is InChI=1S/C13H13NO2/c1-10-4-3-7-14(10)9-11-5-2-6-12(8-11)13(15)16/h2-8H,9H2,1H3,(H,15,16). The molecule has 0 fully saturated rings.